The van der Waals surface area contributed by atoms with Crippen LogP contribution in [0, 0.1) is 6.92 Å². The molecule has 1 fully saturated rings. The zero-order valence-electron chi connectivity index (χ0n) is 23.3. The molecule has 1 saturated heterocycles. The first-order valence-corrected chi connectivity index (χ1v) is 14.1. The van der Waals surface area contributed by atoms with E-state index in [1.807, 2.05) is 85.7 Å². The highest BCUT2D eigenvalue weighted by molar-refractivity contribution is 5.95. The number of anilines is 2. The van der Waals surface area contributed by atoms with E-state index >= 15 is 0 Å². The molecule has 1 N–H and O–H groups in total. The van der Waals surface area contributed by atoms with Crippen LogP contribution < -0.4 is 5.32 Å². The van der Waals surface area contributed by atoms with Gasteiger partial charge in [-0.1, -0.05) is 12.1 Å². The van der Waals surface area contributed by atoms with Crippen LogP contribution in [0.5, 0.6) is 0 Å². The quantitative estimate of drug-likeness (QED) is 0.342. The lowest BCUT2D eigenvalue weighted by Gasteiger charge is -2.25. The van der Waals surface area contributed by atoms with E-state index in [0.29, 0.717) is 37.6 Å². The molecule has 0 bridgehead atoms. The van der Waals surface area contributed by atoms with Crippen molar-refractivity contribution in [2.45, 2.75) is 39.2 Å². The summed E-state index contributed by atoms with van der Waals surface area (Å²) in [5.74, 6) is 0.477. The molecule has 3 aromatic heterocycles. The van der Waals surface area contributed by atoms with Gasteiger partial charge >= 0.3 is 6.09 Å². The number of amides is 2. The number of nitrogens with zero attached hydrogens (tertiary/aromatic N) is 6. The monoisotopic (exact) mass is 551 g/mol. The highest BCUT2D eigenvalue weighted by atomic mass is 16.6. The first-order valence-electron chi connectivity index (χ1n) is 14.1. The number of aromatic nitrogens is 4. The smallest absolute Gasteiger partial charge is 0.410 e. The third-order valence-electron chi connectivity index (χ3n) is 7.62. The number of aryl methyl sites for hydroxylation is 1. The molecule has 2 aliphatic rings. The van der Waals surface area contributed by atoms with Gasteiger partial charge in [0, 0.05) is 48.8 Å². The van der Waals surface area contributed by atoms with Crippen molar-refractivity contribution in [3.63, 3.8) is 0 Å². The van der Waals surface area contributed by atoms with Gasteiger partial charge in [-0.3, -0.25) is 9.78 Å². The Hall–Kier alpha value is -4.73. The van der Waals surface area contributed by atoms with Crippen molar-refractivity contribution >= 4 is 34.9 Å². The van der Waals surface area contributed by atoms with Crippen molar-refractivity contribution in [2.24, 2.45) is 0 Å². The summed E-state index contributed by atoms with van der Waals surface area (Å²) in [5, 5.41) is 7.87. The molecular formula is C31H33N7O3. The molecule has 4 aromatic rings. The molecule has 210 valence electrons. The van der Waals surface area contributed by atoms with Gasteiger partial charge in [0.1, 0.15) is 0 Å². The van der Waals surface area contributed by atoms with Crippen LogP contribution in [0.2, 0.25) is 0 Å². The lowest BCUT2D eigenvalue weighted by Crippen LogP contribution is -2.35. The highest BCUT2D eigenvalue weighted by Gasteiger charge is 2.31. The molecule has 0 spiro atoms. The molecule has 10 nitrogen and oxygen atoms in total. The standard InChI is InChI=1S/C31H33N7O3/c1-3-41-31(40)36-18-14-22(15-19-36)25-6-4-17-38-28(25)34-30(35-38)33-24-11-9-23(10-12-24)29(39)37-16-5-7-27(37)26-13-8-21(2)20-32-26/h4,6,8-14,17,20,27H,3,5,7,15-16,18-19H2,1-2H3,(H,33,35). The predicted octanol–water partition coefficient (Wildman–Crippen LogP) is 5.40. The van der Waals surface area contributed by atoms with Crippen LogP contribution in [-0.2, 0) is 4.74 Å². The first kappa shape index (κ1) is 26.5. The van der Waals surface area contributed by atoms with E-state index in [0.717, 1.165) is 53.1 Å². The number of pyridine rings is 2. The van der Waals surface area contributed by atoms with Crippen molar-refractivity contribution in [1.82, 2.24) is 29.4 Å². The zero-order chi connectivity index (χ0) is 28.3. The Bertz CT molecular complexity index is 1590. The molecule has 10 heteroatoms. The molecule has 0 saturated carbocycles. The van der Waals surface area contributed by atoms with Crippen molar-refractivity contribution in [3.05, 3.63) is 89.4 Å². The van der Waals surface area contributed by atoms with Crippen LogP contribution in [-0.4, -0.2) is 67.6 Å². The van der Waals surface area contributed by atoms with Gasteiger partial charge in [0.2, 0.25) is 5.95 Å². The molecule has 2 aliphatic heterocycles. The maximum atomic E-state index is 13.4. The number of carbonyl (C=O) groups is 2. The van der Waals surface area contributed by atoms with E-state index in [-0.39, 0.29) is 18.0 Å². The molecule has 1 unspecified atom stereocenters. The summed E-state index contributed by atoms with van der Waals surface area (Å²) in [6.45, 7) is 6.01. The topological polar surface area (TPSA) is 105 Å². The Labute approximate surface area is 238 Å². The summed E-state index contributed by atoms with van der Waals surface area (Å²) in [4.78, 5) is 38.4. The summed E-state index contributed by atoms with van der Waals surface area (Å²) in [6, 6.07) is 15.5. The Kier molecular flexibility index (Phi) is 7.37. The number of carbonyl (C=O) groups excluding carboxylic acids is 2. The van der Waals surface area contributed by atoms with Crippen LogP contribution in [0.4, 0.5) is 16.4 Å². The highest BCUT2D eigenvalue weighted by Crippen LogP contribution is 2.32. The van der Waals surface area contributed by atoms with Crippen LogP contribution in [0.1, 0.15) is 59.4 Å². The van der Waals surface area contributed by atoms with E-state index in [1.54, 1.807) is 9.42 Å². The van der Waals surface area contributed by atoms with Gasteiger partial charge in [-0.25, -0.2) is 9.31 Å². The average Bonchev–Trinajstić information content (AvgIpc) is 3.65. The molecule has 1 aromatic carbocycles. The van der Waals surface area contributed by atoms with E-state index in [9.17, 15) is 9.59 Å². The number of rotatable bonds is 6. The van der Waals surface area contributed by atoms with E-state index in [2.05, 4.69) is 15.4 Å². The molecule has 6 rings (SSSR count). The number of hydrogen-bond acceptors (Lipinski definition) is 7. The van der Waals surface area contributed by atoms with Crippen molar-refractivity contribution in [2.75, 3.05) is 31.6 Å². The molecular weight excluding hydrogens is 518 g/mol. The third kappa shape index (κ3) is 5.50. The van der Waals surface area contributed by atoms with Crippen molar-refractivity contribution < 1.29 is 14.3 Å². The molecule has 1 atom stereocenters. The van der Waals surface area contributed by atoms with E-state index in [4.69, 9.17) is 9.72 Å². The summed E-state index contributed by atoms with van der Waals surface area (Å²) >= 11 is 0. The number of likely N-dealkylation sites (tertiary alicyclic amines) is 1. The second-order valence-corrected chi connectivity index (χ2v) is 10.4. The molecule has 5 heterocycles. The maximum absolute atomic E-state index is 13.4. The maximum Gasteiger partial charge on any atom is 0.410 e. The Morgan fingerprint density at radius 1 is 1.10 bits per heavy atom. The minimum atomic E-state index is -0.286. The average molecular weight is 552 g/mol. The van der Waals surface area contributed by atoms with Gasteiger partial charge in [-0.05, 0) is 86.7 Å². The van der Waals surface area contributed by atoms with Crippen molar-refractivity contribution in [3.8, 4) is 0 Å². The number of hydrogen-bond donors (Lipinski definition) is 1. The Morgan fingerprint density at radius 2 is 1.95 bits per heavy atom. The number of fused-ring (bicyclic) bond motifs is 1. The molecule has 0 aliphatic carbocycles. The summed E-state index contributed by atoms with van der Waals surface area (Å²) in [7, 11) is 0. The van der Waals surface area contributed by atoms with Crippen molar-refractivity contribution in [1.29, 1.82) is 0 Å². The first-order chi connectivity index (χ1) is 20.0. The largest absolute Gasteiger partial charge is 0.450 e. The molecule has 41 heavy (non-hydrogen) atoms. The lowest BCUT2D eigenvalue weighted by molar-refractivity contribution is 0.0733. The summed E-state index contributed by atoms with van der Waals surface area (Å²) in [6.07, 6.45) is 8.08. The summed E-state index contributed by atoms with van der Waals surface area (Å²) in [5.41, 5.74) is 6.33. The van der Waals surface area contributed by atoms with E-state index in [1.165, 1.54) is 0 Å². The molecule has 0 radical (unpaired) electrons. The second kappa shape index (κ2) is 11.4. The van der Waals surface area contributed by atoms with Crippen LogP contribution in [0.3, 0.4) is 0 Å². The minimum absolute atomic E-state index is 0.00443. The fourth-order valence-corrected chi connectivity index (χ4v) is 5.49. The fourth-order valence-electron chi connectivity index (χ4n) is 5.49. The lowest BCUT2D eigenvalue weighted by atomic mass is 10.0. The second-order valence-electron chi connectivity index (χ2n) is 10.4. The minimum Gasteiger partial charge on any atom is -0.450 e. The number of ether oxygens (including phenoxy) is 1. The summed E-state index contributed by atoms with van der Waals surface area (Å²) < 4.78 is 6.88. The van der Waals surface area contributed by atoms with Gasteiger partial charge in [-0.15, -0.1) is 5.10 Å². The van der Waals surface area contributed by atoms with E-state index < -0.39 is 0 Å². The Balaban J connectivity index is 1.15. The van der Waals surface area contributed by atoms with Gasteiger partial charge in [0.05, 0.1) is 18.3 Å². The molecule has 2 amide bonds. The van der Waals surface area contributed by atoms with Gasteiger partial charge < -0.3 is 19.9 Å². The number of nitrogens with one attached hydrogen (secondary N) is 1. The van der Waals surface area contributed by atoms with Gasteiger partial charge in [-0.2, -0.15) is 4.98 Å². The number of benzene rings is 1. The third-order valence-corrected chi connectivity index (χ3v) is 7.62. The Morgan fingerprint density at radius 3 is 2.68 bits per heavy atom. The normalized spacial score (nSPS) is 17.0. The van der Waals surface area contributed by atoms with Gasteiger partial charge in [0.25, 0.3) is 5.91 Å². The van der Waals surface area contributed by atoms with Crippen LogP contribution in [0.15, 0.2) is 67.0 Å². The predicted molar refractivity (Wildman–Crippen MR) is 156 cm³/mol. The fraction of sp³-hybridized carbons (Fsp3) is 0.323. The van der Waals surface area contributed by atoms with Gasteiger partial charge in [0.15, 0.2) is 5.65 Å². The van der Waals surface area contributed by atoms with Crippen LogP contribution >= 0.6 is 0 Å². The zero-order valence-corrected chi connectivity index (χ0v) is 23.3. The van der Waals surface area contributed by atoms with Crippen LogP contribution in [0.25, 0.3) is 11.2 Å². The SMILES string of the molecule is CCOC(=O)N1CC=C(c2cccn3nc(Nc4ccc(C(=O)N5CCCC5c5ccc(C)cn5)cc4)nc23)CC1.